The lowest BCUT2D eigenvalue weighted by Crippen LogP contribution is -2.32. The minimum Gasteiger partial charge on any atom is -0.370 e. The quantitative estimate of drug-likeness (QED) is 0.893. The molecule has 0 saturated carbocycles. The van der Waals surface area contributed by atoms with Crippen LogP contribution < -0.4 is 10.2 Å². The highest BCUT2D eigenvalue weighted by Crippen LogP contribution is 2.22. The van der Waals surface area contributed by atoms with Crippen LogP contribution in [-0.4, -0.2) is 24.0 Å². The van der Waals surface area contributed by atoms with Crippen molar-refractivity contribution < 1.29 is 4.79 Å². The Hall–Kier alpha value is -1.58. The van der Waals surface area contributed by atoms with Crippen LogP contribution in [-0.2, 0) is 4.79 Å². The summed E-state index contributed by atoms with van der Waals surface area (Å²) in [5.41, 5.74) is 1.15. The van der Waals surface area contributed by atoms with E-state index < -0.39 is 0 Å². The van der Waals surface area contributed by atoms with Crippen molar-refractivity contribution in [3.05, 3.63) is 18.3 Å². The smallest absolute Gasteiger partial charge is 0.225 e. The highest BCUT2D eigenvalue weighted by atomic mass is 16.1. The lowest BCUT2D eigenvalue weighted by atomic mass is 9.99. The van der Waals surface area contributed by atoms with Crippen LogP contribution >= 0.6 is 0 Å². The minimum absolute atomic E-state index is 0.00190. The number of anilines is 2. The number of hydrogen-bond acceptors (Lipinski definition) is 3. The SMILES string of the molecule is CCC(=O)Nc1ccc(N2CCC(C)CC2)cn1. The normalized spacial score (nSPS) is 16.7. The molecule has 1 saturated heterocycles. The number of aromatic nitrogens is 1. The van der Waals surface area contributed by atoms with Crippen LogP contribution in [0.3, 0.4) is 0 Å². The van der Waals surface area contributed by atoms with E-state index in [0.29, 0.717) is 12.2 Å². The fourth-order valence-corrected chi connectivity index (χ4v) is 2.15. The molecule has 1 N–H and O–H groups in total. The largest absolute Gasteiger partial charge is 0.370 e. The second kappa shape index (κ2) is 5.85. The van der Waals surface area contributed by atoms with Gasteiger partial charge in [-0.25, -0.2) is 4.98 Å². The first-order valence-electron chi connectivity index (χ1n) is 6.70. The Labute approximate surface area is 108 Å². The third-order valence-electron chi connectivity index (χ3n) is 3.49. The van der Waals surface area contributed by atoms with Gasteiger partial charge in [-0.3, -0.25) is 4.79 Å². The van der Waals surface area contributed by atoms with Crippen molar-refractivity contribution in [3.63, 3.8) is 0 Å². The summed E-state index contributed by atoms with van der Waals surface area (Å²) < 4.78 is 0. The fraction of sp³-hybridized carbons (Fsp3) is 0.571. The highest BCUT2D eigenvalue weighted by molar-refractivity contribution is 5.89. The molecule has 2 heterocycles. The van der Waals surface area contributed by atoms with Gasteiger partial charge in [0.15, 0.2) is 0 Å². The molecule has 0 spiro atoms. The lowest BCUT2D eigenvalue weighted by Gasteiger charge is -2.31. The fourth-order valence-electron chi connectivity index (χ4n) is 2.15. The van der Waals surface area contributed by atoms with Crippen molar-refractivity contribution >= 4 is 17.4 Å². The van der Waals surface area contributed by atoms with E-state index >= 15 is 0 Å². The average Bonchev–Trinajstić information content (AvgIpc) is 2.40. The molecule has 4 nitrogen and oxygen atoms in total. The molecule has 2 rings (SSSR count). The van der Waals surface area contributed by atoms with E-state index in [1.807, 2.05) is 25.3 Å². The second-order valence-electron chi connectivity index (χ2n) is 4.97. The molecule has 4 heteroatoms. The van der Waals surface area contributed by atoms with Crippen LogP contribution in [0.5, 0.6) is 0 Å². The number of nitrogens with one attached hydrogen (secondary N) is 1. The lowest BCUT2D eigenvalue weighted by molar-refractivity contribution is -0.115. The molecular weight excluding hydrogens is 226 g/mol. The molecule has 18 heavy (non-hydrogen) atoms. The summed E-state index contributed by atoms with van der Waals surface area (Å²) in [6, 6.07) is 3.91. The van der Waals surface area contributed by atoms with Gasteiger partial charge in [0.05, 0.1) is 11.9 Å². The zero-order chi connectivity index (χ0) is 13.0. The van der Waals surface area contributed by atoms with E-state index in [1.54, 1.807) is 0 Å². The Morgan fingerprint density at radius 2 is 2.17 bits per heavy atom. The monoisotopic (exact) mass is 247 g/mol. The van der Waals surface area contributed by atoms with Gasteiger partial charge in [0.25, 0.3) is 0 Å². The molecule has 0 atom stereocenters. The summed E-state index contributed by atoms with van der Waals surface area (Å²) in [7, 11) is 0. The first-order valence-corrected chi connectivity index (χ1v) is 6.70. The van der Waals surface area contributed by atoms with Gasteiger partial charge >= 0.3 is 0 Å². The van der Waals surface area contributed by atoms with Gasteiger partial charge in [-0.2, -0.15) is 0 Å². The molecule has 1 aromatic rings. The summed E-state index contributed by atoms with van der Waals surface area (Å²) in [5.74, 6) is 1.47. The maximum atomic E-state index is 11.2. The number of piperidine rings is 1. The van der Waals surface area contributed by atoms with E-state index in [9.17, 15) is 4.79 Å². The number of hydrogen-bond donors (Lipinski definition) is 1. The molecule has 0 bridgehead atoms. The first kappa shape index (κ1) is 12.9. The topological polar surface area (TPSA) is 45.2 Å². The number of nitrogens with zero attached hydrogens (tertiary/aromatic N) is 2. The Morgan fingerprint density at radius 1 is 1.44 bits per heavy atom. The van der Waals surface area contributed by atoms with Crippen LogP contribution in [0.25, 0.3) is 0 Å². The van der Waals surface area contributed by atoms with Crippen molar-refractivity contribution in [2.45, 2.75) is 33.1 Å². The van der Waals surface area contributed by atoms with Crippen LogP contribution in [0, 0.1) is 5.92 Å². The van der Waals surface area contributed by atoms with Gasteiger partial charge in [0, 0.05) is 19.5 Å². The van der Waals surface area contributed by atoms with Gasteiger partial charge in [-0.1, -0.05) is 13.8 Å². The van der Waals surface area contributed by atoms with E-state index in [-0.39, 0.29) is 5.91 Å². The second-order valence-corrected chi connectivity index (χ2v) is 4.97. The summed E-state index contributed by atoms with van der Waals surface area (Å²) in [6.45, 7) is 6.34. The predicted octanol–water partition coefficient (Wildman–Crippen LogP) is 2.67. The Morgan fingerprint density at radius 3 is 2.72 bits per heavy atom. The number of rotatable bonds is 3. The molecule has 1 fully saturated rings. The molecular formula is C14H21N3O. The van der Waals surface area contributed by atoms with Crippen molar-refractivity contribution in [1.29, 1.82) is 0 Å². The molecule has 0 unspecified atom stereocenters. The zero-order valence-corrected chi connectivity index (χ0v) is 11.1. The van der Waals surface area contributed by atoms with Gasteiger partial charge in [-0.15, -0.1) is 0 Å². The van der Waals surface area contributed by atoms with Crippen molar-refractivity contribution in [1.82, 2.24) is 4.98 Å². The molecule has 1 aliphatic rings. The maximum absolute atomic E-state index is 11.2. The predicted molar refractivity (Wildman–Crippen MR) is 73.8 cm³/mol. The zero-order valence-electron chi connectivity index (χ0n) is 11.1. The highest BCUT2D eigenvalue weighted by Gasteiger charge is 2.16. The standard InChI is InChI=1S/C14H21N3O/c1-3-14(18)16-13-5-4-12(10-15-13)17-8-6-11(2)7-9-17/h4-5,10-11H,3,6-9H2,1-2H3,(H,15,16,18). The maximum Gasteiger partial charge on any atom is 0.225 e. The number of carbonyl (C=O) groups is 1. The number of amides is 1. The summed E-state index contributed by atoms with van der Waals surface area (Å²) in [5, 5.41) is 2.76. The summed E-state index contributed by atoms with van der Waals surface area (Å²) in [4.78, 5) is 17.9. The van der Waals surface area contributed by atoms with Crippen LogP contribution in [0.15, 0.2) is 18.3 Å². The molecule has 1 aliphatic heterocycles. The van der Waals surface area contributed by atoms with Crippen LogP contribution in [0.2, 0.25) is 0 Å². The average molecular weight is 247 g/mol. The molecule has 0 aromatic carbocycles. The Kier molecular flexibility index (Phi) is 4.18. The molecule has 1 aromatic heterocycles. The van der Waals surface area contributed by atoms with E-state index in [4.69, 9.17) is 0 Å². The van der Waals surface area contributed by atoms with Crippen molar-refractivity contribution in [3.8, 4) is 0 Å². The molecule has 0 aliphatic carbocycles. The van der Waals surface area contributed by atoms with Gasteiger partial charge < -0.3 is 10.2 Å². The van der Waals surface area contributed by atoms with E-state index in [1.165, 1.54) is 12.8 Å². The number of carbonyl (C=O) groups excluding carboxylic acids is 1. The molecule has 1 amide bonds. The van der Waals surface area contributed by atoms with Gasteiger partial charge in [-0.05, 0) is 30.9 Å². The van der Waals surface area contributed by atoms with E-state index in [2.05, 4.69) is 22.1 Å². The number of pyridine rings is 1. The Balaban J connectivity index is 1.97. The minimum atomic E-state index is 0.00190. The van der Waals surface area contributed by atoms with Gasteiger partial charge in [0.1, 0.15) is 5.82 Å². The van der Waals surface area contributed by atoms with E-state index in [0.717, 1.165) is 24.7 Å². The first-order chi connectivity index (χ1) is 8.69. The van der Waals surface area contributed by atoms with Crippen molar-refractivity contribution in [2.75, 3.05) is 23.3 Å². The van der Waals surface area contributed by atoms with Gasteiger partial charge in [0.2, 0.25) is 5.91 Å². The Bertz CT molecular complexity index is 394. The van der Waals surface area contributed by atoms with Crippen molar-refractivity contribution in [2.24, 2.45) is 5.92 Å². The third-order valence-corrected chi connectivity index (χ3v) is 3.49. The molecule has 98 valence electrons. The van der Waals surface area contributed by atoms with Crippen LogP contribution in [0.4, 0.5) is 11.5 Å². The summed E-state index contributed by atoms with van der Waals surface area (Å²) in [6.07, 6.45) is 4.82. The van der Waals surface area contributed by atoms with Crippen LogP contribution in [0.1, 0.15) is 33.1 Å². The molecule has 0 radical (unpaired) electrons. The summed E-state index contributed by atoms with van der Waals surface area (Å²) >= 11 is 0. The third kappa shape index (κ3) is 3.22.